The van der Waals surface area contributed by atoms with Gasteiger partial charge in [0.25, 0.3) is 0 Å². The van der Waals surface area contributed by atoms with E-state index in [4.69, 9.17) is 23.2 Å². The summed E-state index contributed by atoms with van der Waals surface area (Å²) in [4.78, 5) is -0.0126. The number of rotatable bonds is 2. The Morgan fingerprint density at radius 1 is 1.00 bits per heavy atom. The maximum atomic E-state index is 13.3. The Balaban J connectivity index is 2.82. The molecule has 2 aromatic rings. The Hall–Kier alpha value is -1.10. The first-order valence-electron chi connectivity index (χ1n) is 4.89. The molecule has 0 atom stereocenters. The summed E-state index contributed by atoms with van der Waals surface area (Å²) in [6.45, 7) is 0. The number of thiol groups is 1. The molecule has 0 saturated carbocycles. The molecule has 18 heavy (non-hydrogen) atoms. The highest BCUT2D eigenvalue weighted by atomic mass is 35.5. The van der Waals surface area contributed by atoms with Crippen molar-refractivity contribution in [3.63, 3.8) is 0 Å². The van der Waals surface area contributed by atoms with Gasteiger partial charge in [-0.15, -0.1) is 0 Å². The predicted octanol–water partition coefficient (Wildman–Crippen LogP) is 3.77. The van der Waals surface area contributed by atoms with Gasteiger partial charge in [-0.2, -0.15) is 0 Å². The van der Waals surface area contributed by atoms with Gasteiger partial charge < -0.3 is 0 Å². The topological polar surface area (TPSA) is 34.1 Å². The first kappa shape index (κ1) is 13.3. The van der Waals surface area contributed by atoms with Crippen molar-refractivity contribution in [3.05, 3.63) is 52.3 Å². The molecule has 2 rings (SSSR count). The number of benzene rings is 2. The van der Waals surface area contributed by atoms with Crippen LogP contribution in [0.1, 0.15) is 0 Å². The summed E-state index contributed by atoms with van der Waals surface area (Å²) in [6, 6.07) is 8.13. The fourth-order valence-electron chi connectivity index (χ4n) is 1.62. The van der Waals surface area contributed by atoms with Crippen LogP contribution in [0.15, 0.2) is 41.3 Å². The fourth-order valence-corrected chi connectivity index (χ4v) is 2.79. The smallest absolute Gasteiger partial charge is 0.168 e. The minimum absolute atomic E-state index is 0.0126. The van der Waals surface area contributed by atoms with Gasteiger partial charge in [-0.05, 0) is 30.3 Å². The largest absolute Gasteiger partial charge is 0.227 e. The number of hydrogen-bond acceptors (Lipinski definition) is 2. The van der Waals surface area contributed by atoms with Crippen LogP contribution in [0.25, 0.3) is 11.1 Å². The summed E-state index contributed by atoms with van der Waals surface area (Å²) in [6.07, 6.45) is 0. The first-order valence-corrected chi connectivity index (χ1v) is 6.82. The number of hydrogen-bond donors (Lipinski definition) is 1. The summed E-state index contributed by atoms with van der Waals surface area (Å²) in [5.74, 6) is -0.554. The maximum Gasteiger partial charge on any atom is 0.168 e. The summed E-state index contributed by atoms with van der Waals surface area (Å²) < 4.78 is 35.6. The third-order valence-corrected chi connectivity index (χ3v) is 3.80. The van der Waals surface area contributed by atoms with E-state index < -0.39 is 16.5 Å². The molecule has 0 aliphatic heterocycles. The molecule has 0 spiro atoms. The van der Waals surface area contributed by atoms with Crippen LogP contribution < -0.4 is 0 Å². The van der Waals surface area contributed by atoms with Crippen LogP contribution in [0.2, 0.25) is 10.0 Å². The molecule has 6 heteroatoms. The van der Waals surface area contributed by atoms with Crippen molar-refractivity contribution < 1.29 is 12.8 Å². The van der Waals surface area contributed by atoms with E-state index >= 15 is 0 Å². The van der Waals surface area contributed by atoms with Crippen LogP contribution >= 0.6 is 23.2 Å². The van der Waals surface area contributed by atoms with Gasteiger partial charge >= 0.3 is 0 Å². The van der Waals surface area contributed by atoms with Crippen molar-refractivity contribution in [2.45, 2.75) is 4.90 Å². The van der Waals surface area contributed by atoms with Gasteiger partial charge in [0.15, 0.2) is 10.7 Å². The van der Waals surface area contributed by atoms with E-state index in [1.54, 1.807) is 18.2 Å². The molecular weight excluding hydrogens is 298 g/mol. The Bertz CT molecular complexity index is 656. The maximum absolute atomic E-state index is 13.3. The SMILES string of the molecule is O=[SH](=O)c1ccc(F)cc1-c1c(Cl)cccc1Cl. The molecule has 0 aromatic heterocycles. The second-order valence-corrected chi connectivity index (χ2v) is 5.33. The second kappa shape index (κ2) is 5.26. The molecule has 0 N–H and O–H groups in total. The minimum Gasteiger partial charge on any atom is -0.227 e. The van der Waals surface area contributed by atoms with Crippen molar-refractivity contribution in [2.24, 2.45) is 0 Å². The van der Waals surface area contributed by atoms with Gasteiger partial charge in [-0.3, -0.25) is 0 Å². The van der Waals surface area contributed by atoms with E-state index in [2.05, 4.69) is 0 Å². The highest BCUT2D eigenvalue weighted by Gasteiger charge is 2.14. The van der Waals surface area contributed by atoms with Crippen LogP contribution in [-0.4, -0.2) is 8.42 Å². The molecule has 0 aliphatic rings. The van der Waals surface area contributed by atoms with Crippen LogP contribution in [-0.2, 0) is 10.7 Å². The molecule has 0 aliphatic carbocycles. The lowest BCUT2D eigenvalue weighted by molar-refractivity contribution is 0.612. The molecule has 2 nitrogen and oxygen atoms in total. The van der Waals surface area contributed by atoms with Gasteiger partial charge in [0.05, 0.1) is 4.90 Å². The molecule has 0 unspecified atom stereocenters. The van der Waals surface area contributed by atoms with E-state index in [9.17, 15) is 12.8 Å². The van der Waals surface area contributed by atoms with Crippen LogP contribution in [0.5, 0.6) is 0 Å². The zero-order chi connectivity index (χ0) is 13.3. The molecule has 2 aromatic carbocycles. The standard InChI is InChI=1S/C12H7Cl2FO2S/c13-9-2-1-3-10(14)12(9)8-6-7(15)4-5-11(8)18(16)17/h1-6,18H. The third kappa shape index (κ3) is 2.51. The van der Waals surface area contributed by atoms with E-state index in [0.29, 0.717) is 5.56 Å². The second-order valence-electron chi connectivity index (χ2n) is 3.52. The zero-order valence-electron chi connectivity index (χ0n) is 8.86. The van der Waals surface area contributed by atoms with Gasteiger partial charge in [0, 0.05) is 21.2 Å². The Kier molecular flexibility index (Phi) is 3.90. The quantitative estimate of drug-likeness (QED) is 0.857. The van der Waals surface area contributed by atoms with Gasteiger partial charge in [0.2, 0.25) is 0 Å². The van der Waals surface area contributed by atoms with Crippen LogP contribution in [0, 0.1) is 5.82 Å². The lowest BCUT2D eigenvalue weighted by Gasteiger charge is -2.09. The van der Waals surface area contributed by atoms with Crippen LogP contribution in [0.4, 0.5) is 4.39 Å². The molecule has 0 heterocycles. The molecule has 0 fully saturated rings. The van der Waals surface area contributed by atoms with Gasteiger partial charge in [-0.25, -0.2) is 12.8 Å². The van der Waals surface area contributed by atoms with Crippen molar-refractivity contribution in [1.29, 1.82) is 0 Å². The van der Waals surface area contributed by atoms with Crippen molar-refractivity contribution in [3.8, 4) is 11.1 Å². The summed E-state index contributed by atoms with van der Waals surface area (Å²) in [7, 11) is -2.86. The van der Waals surface area contributed by atoms with Gasteiger partial charge in [-0.1, -0.05) is 29.3 Å². The third-order valence-electron chi connectivity index (χ3n) is 2.39. The lowest BCUT2D eigenvalue weighted by atomic mass is 10.1. The fraction of sp³-hybridized carbons (Fsp3) is 0. The van der Waals surface area contributed by atoms with Crippen LogP contribution in [0.3, 0.4) is 0 Å². The first-order chi connectivity index (χ1) is 8.50. The summed E-state index contributed by atoms with van der Waals surface area (Å²) in [5, 5.41) is 0.539. The van der Waals surface area contributed by atoms with E-state index in [0.717, 1.165) is 12.1 Å². The average Bonchev–Trinajstić information content (AvgIpc) is 2.28. The van der Waals surface area contributed by atoms with Crippen molar-refractivity contribution in [1.82, 2.24) is 0 Å². The van der Waals surface area contributed by atoms with E-state index in [1.165, 1.54) is 6.07 Å². The average molecular weight is 305 g/mol. The Morgan fingerprint density at radius 2 is 1.61 bits per heavy atom. The zero-order valence-corrected chi connectivity index (χ0v) is 11.3. The van der Waals surface area contributed by atoms with E-state index in [1.807, 2.05) is 0 Å². The molecule has 0 bridgehead atoms. The minimum atomic E-state index is -2.86. The van der Waals surface area contributed by atoms with Crippen molar-refractivity contribution in [2.75, 3.05) is 0 Å². The Labute approximate surface area is 115 Å². The van der Waals surface area contributed by atoms with E-state index in [-0.39, 0.29) is 20.5 Å². The Morgan fingerprint density at radius 3 is 2.17 bits per heavy atom. The summed E-state index contributed by atoms with van der Waals surface area (Å²) >= 11 is 12.0. The van der Waals surface area contributed by atoms with Crippen molar-refractivity contribution >= 4 is 33.9 Å². The summed E-state index contributed by atoms with van der Waals surface area (Å²) in [5.41, 5.74) is 0.483. The highest BCUT2D eigenvalue weighted by molar-refractivity contribution is 7.72. The monoisotopic (exact) mass is 304 g/mol. The molecule has 0 saturated heterocycles. The molecule has 0 radical (unpaired) electrons. The van der Waals surface area contributed by atoms with Gasteiger partial charge in [0.1, 0.15) is 5.82 Å². The molecule has 0 amide bonds. The molecular formula is C12H7Cl2FO2S. The highest BCUT2D eigenvalue weighted by Crippen LogP contribution is 2.37. The lowest BCUT2D eigenvalue weighted by Crippen LogP contribution is -1.91. The number of halogens is 3. The molecule has 94 valence electrons. The predicted molar refractivity (Wildman–Crippen MR) is 70.4 cm³/mol. The normalized spacial score (nSPS) is 10.9.